The van der Waals surface area contributed by atoms with E-state index < -0.39 is 11.9 Å². The molecule has 0 aliphatic rings. The van der Waals surface area contributed by atoms with Gasteiger partial charge in [0.2, 0.25) is 5.91 Å². The van der Waals surface area contributed by atoms with Crippen molar-refractivity contribution in [3.63, 3.8) is 0 Å². The number of thioether (sulfide) groups is 1. The summed E-state index contributed by atoms with van der Waals surface area (Å²) >= 11 is 2.68. The molecule has 8 nitrogen and oxygen atoms in total. The number of para-hydroxylation sites is 2. The number of hydrogen-bond donors (Lipinski definition) is 2. The lowest BCUT2D eigenvalue weighted by Gasteiger charge is -2.13. The smallest absolute Gasteiger partial charge is 0.318 e. The van der Waals surface area contributed by atoms with E-state index >= 15 is 0 Å². The van der Waals surface area contributed by atoms with Crippen molar-refractivity contribution < 1.29 is 14.3 Å². The van der Waals surface area contributed by atoms with Gasteiger partial charge in [-0.15, -0.1) is 21.5 Å². The van der Waals surface area contributed by atoms with Crippen molar-refractivity contribution >= 4 is 35.0 Å². The van der Waals surface area contributed by atoms with E-state index in [0.717, 1.165) is 22.3 Å². The second-order valence-corrected chi connectivity index (χ2v) is 6.88. The topological polar surface area (TPSA) is 112 Å². The highest BCUT2D eigenvalue weighted by atomic mass is 32.2. The second kappa shape index (κ2) is 8.02. The lowest BCUT2D eigenvalue weighted by molar-refractivity contribution is -0.117. The molecule has 10 heteroatoms. The summed E-state index contributed by atoms with van der Waals surface area (Å²) in [6, 6.07) is 10.4. The van der Waals surface area contributed by atoms with Crippen LogP contribution in [0.4, 0.5) is 4.79 Å². The molecule has 0 saturated carbocycles. The van der Waals surface area contributed by atoms with E-state index in [1.165, 1.54) is 11.3 Å². The van der Waals surface area contributed by atoms with Crippen molar-refractivity contribution in [3.8, 4) is 22.1 Å². The summed E-state index contributed by atoms with van der Waals surface area (Å²) < 4.78 is 7.28. The second-order valence-electron chi connectivity index (χ2n) is 4.99. The summed E-state index contributed by atoms with van der Waals surface area (Å²) in [4.78, 5) is 23.4. The van der Waals surface area contributed by atoms with E-state index in [0.29, 0.717) is 16.7 Å². The number of nitrogens with one attached hydrogen (secondary N) is 1. The number of nitrogens with two attached hydrogens (primary N) is 1. The normalized spacial score (nSPS) is 10.5. The number of hydrogen-bond acceptors (Lipinski definition) is 7. The van der Waals surface area contributed by atoms with Crippen LogP contribution < -0.4 is 15.8 Å². The number of imide groups is 1. The zero-order chi connectivity index (χ0) is 18.5. The van der Waals surface area contributed by atoms with Gasteiger partial charge in [-0.05, 0) is 23.6 Å². The van der Waals surface area contributed by atoms with Crippen LogP contribution in [0.1, 0.15) is 0 Å². The van der Waals surface area contributed by atoms with Gasteiger partial charge < -0.3 is 10.5 Å². The predicted molar refractivity (Wildman–Crippen MR) is 99.7 cm³/mol. The summed E-state index contributed by atoms with van der Waals surface area (Å²) in [5.74, 6) is 0.756. The van der Waals surface area contributed by atoms with Crippen LogP contribution in [0.25, 0.3) is 16.4 Å². The van der Waals surface area contributed by atoms with Crippen LogP contribution >= 0.6 is 23.1 Å². The van der Waals surface area contributed by atoms with Gasteiger partial charge in [0.25, 0.3) is 0 Å². The van der Waals surface area contributed by atoms with Gasteiger partial charge >= 0.3 is 6.03 Å². The molecule has 0 unspecified atom stereocenters. The Hall–Kier alpha value is -2.85. The molecule has 3 amide bonds. The van der Waals surface area contributed by atoms with Crippen LogP contribution in [-0.4, -0.2) is 39.6 Å². The Bertz CT molecular complexity index is 924. The zero-order valence-electron chi connectivity index (χ0n) is 13.7. The van der Waals surface area contributed by atoms with Gasteiger partial charge in [-0.3, -0.25) is 14.7 Å². The Morgan fingerprint density at radius 3 is 2.77 bits per heavy atom. The molecule has 0 aliphatic carbocycles. The Kier molecular flexibility index (Phi) is 5.54. The molecule has 0 fully saturated rings. The Morgan fingerprint density at radius 2 is 2.08 bits per heavy atom. The third-order valence-electron chi connectivity index (χ3n) is 3.30. The zero-order valence-corrected chi connectivity index (χ0v) is 15.3. The number of amides is 3. The van der Waals surface area contributed by atoms with Crippen LogP contribution in [-0.2, 0) is 4.79 Å². The maximum atomic E-state index is 11.7. The van der Waals surface area contributed by atoms with E-state index in [2.05, 4.69) is 10.2 Å². The highest BCUT2D eigenvalue weighted by Gasteiger charge is 2.20. The first kappa shape index (κ1) is 18.0. The van der Waals surface area contributed by atoms with E-state index in [1.807, 2.05) is 51.7 Å². The number of rotatable bonds is 6. The van der Waals surface area contributed by atoms with Gasteiger partial charge in [-0.25, -0.2) is 4.79 Å². The lowest BCUT2D eigenvalue weighted by atomic mass is 10.3. The maximum absolute atomic E-state index is 11.7. The highest BCUT2D eigenvalue weighted by molar-refractivity contribution is 7.99. The number of carbonyl (C=O) groups excluding carboxylic acids is 2. The van der Waals surface area contributed by atoms with Crippen molar-refractivity contribution in [1.82, 2.24) is 20.1 Å². The van der Waals surface area contributed by atoms with Crippen molar-refractivity contribution in [3.05, 3.63) is 41.8 Å². The fraction of sp³-hybridized carbons (Fsp3) is 0.125. The molecule has 0 aliphatic heterocycles. The van der Waals surface area contributed by atoms with Crippen molar-refractivity contribution in [2.24, 2.45) is 5.73 Å². The first-order valence-electron chi connectivity index (χ1n) is 7.45. The predicted octanol–water partition coefficient (Wildman–Crippen LogP) is 2.29. The van der Waals surface area contributed by atoms with Crippen molar-refractivity contribution in [2.45, 2.75) is 5.16 Å². The molecule has 3 N–H and O–H groups in total. The molecule has 0 saturated heterocycles. The fourth-order valence-electron chi connectivity index (χ4n) is 2.26. The molecular formula is C16H15N5O3S2. The number of nitrogens with zero attached hydrogens (tertiary/aromatic N) is 3. The Balaban J connectivity index is 2.00. The molecule has 2 heterocycles. The first-order chi connectivity index (χ1) is 12.6. The first-order valence-corrected chi connectivity index (χ1v) is 9.31. The maximum Gasteiger partial charge on any atom is 0.318 e. The van der Waals surface area contributed by atoms with Gasteiger partial charge in [0.05, 0.1) is 23.4 Å². The number of carbonyl (C=O) groups is 2. The fourth-order valence-corrected chi connectivity index (χ4v) is 3.71. The van der Waals surface area contributed by atoms with Crippen LogP contribution in [0, 0.1) is 0 Å². The molecule has 0 radical (unpaired) electrons. The minimum absolute atomic E-state index is 0.0271. The van der Waals surface area contributed by atoms with Crippen molar-refractivity contribution in [2.75, 3.05) is 12.9 Å². The summed E-state index contributed by atoms with van der Waals surface area (Å²) in [5, 5.41) is 13.0. The summed E-state index contributed by atoms with van der Waals surface area (Å²) in [7, 11) is 1.58. The standard InChI is InChI=1S/C16H15N5O3S2/c1-24-11-6-3-2-5-10(11)21-14(12-7-4-8-25-12)19-20-16(21)26-9-13(22)18-15(17)23/h2-8H,9H2,1H3,(H3,17,18,22,23). The molecule has 0 atom stereocenters. The van der Waals surface area contributed by atoms with E-state index in [-0.39, 0.29) is 5.75 Å². The SMILES string of the molecule is COc1ccccc1-n1c(SCC(=O)NC(N)=O)nnc1-c1cccs1. The monoisotopic (exact) mass is 389 g/mol. The van der Waals surface area contributed by atoms with Crippen LogP contribution in [0.5, 0.6) is 5.75 Å². The van der Waals surface area contributed by atoms with Crippen molar-refractivity contribution in [1.29, 1.82) is 0 Å². The Labute approximate surface area is 157 Å². The largest absolute Gasteiger partial charge is 0.495 e. The van der Waals surface area contributed by atoms with Gasteiger partial charge in [0.15, 0.2) is 11.0 Å². The molecule has 0 spiro atoms. The molecule has 1 aromatic carbocycles. The molecule has 0 bridgehead atoms. The molecular weight excluding hydrogens is 374 g/mol. The van der Waals surface area contributed by atoms with Gasteiger partial charge in [-0.1, -0.05) is 30.0 Å². The number of urea groups is 1. The Morgan fingerprint density at radius 1 is 1.27 bits per heavy atom. The lowest BCUT2D eigenvalue weighted by Crippen LogP contribution is -2.36. The number of primary amides is 1. The number of aromatic nitrogens is 3. The van der Waals surface area contributed by atoms with Crippen LogP contribution in [0.15, 0.2) is 46.9 Å². The quantitative estimate of drug-likeness (QED) is 0.626. The van der Waals surface area contributed by atoms with Gasteiger partial charge in [-0.2, -0.15) is 0 Å². The average Bonchev–Trinajstić information content (AvgIpc) is 3.28. The number of thiophene rings is 1. The third kappa shape index (κ3) is 3.86. The summed E-state index contributed by atoms with van der Waals surface area (Å²) in [6.45, 7) is 0. The summed E-state index contributed by atoms with van der Waals surface area (Å²) in [6.07, 6.45) is 0. The minimum atomic E-state index is -0.888. The average molecular weight is 389 g/mol. The number of methoxy groups -OCH3 is 1. The van der Waals surface area contributed by atoms with Crippen LogP contribution in [0.3, 0.4) is 0 Å². The molecule has 134 valence electrons. The van der Waals surface area contributed by atoms with E-state index in [9.17, 15) is 9.59 Å². The molecule has 3 rings (SSSR count). The number of benzene rings is 1. The van der Waals surface area contributed by atoms with Gasteiger partial charge in [0, 0.05) is 0 Å². The summed E-state index contributed by atoms with van der Waals surface area (Å²) in [5.41, 5.74) is 5.71. The molecule has 3 aromatic rings. The van der Waals surface area contributed by atoms with E-state index in [1.54, 1.807) is 7.11 Å². The molecule has 2 aromatic heterocycles. The van der Waals surface area contributed by atoms with Gasteiger partial charge in [0.1, 0.15) is 5.75 Å². The third-order valence-corrected chi connectivity index (χ3v) is 5.09. The number of ether oxygens (including phenoxy) is 1. The minimum Gasteiger partial charge on any atom is -0.495 e. The van der Waals surface area contributed by atoms with Crippen LogP contribution in [0.2, 0.25) is 0 Å². The van der Waals surface area contributed by atoms with E-state index in [4.69, 9.17) is 10.5 Å². The highest BCUT2D eigenvalue weighted by Crippen LogP contribution is 2.33. The molecule has 26 heavy (non-hydrogen) atoms.